The molecule has 0 amide bonds. The van der Waals surface area contributed by atoms with Crippen LogP contribution >= 0.6 is 0 Å². The summed E-state index contributed by atoms with van der Waals surface area (Å²) < 4.78 is 5.58. The van der Waals surface area contributed by atoms with E-state index in [4.69, 9.17) is 4.74 Å². The van der Waals surface area contributed by atoms with Gasteiger partial charge in [0.1, 0.15) is 0 Å². The van der Waals surface area contributed by atoms with E-state index in [9.17, 15) is 0 Å². The Morgan fingerprint density at radius 2 is 2.19 bits per heavy atom. The molecular weight excluding hydrogens is 260 g/mol. The molecule has 21 heavy (non-hydrogen) atoms. The van der Waals surface area contributed by atoms with Gasteiger partial charge in [0.25, 0.3) is 0 Å². The molecule has 0 radical (unpaired) electrons. The summed E-state index contributed by atoms with van der Waals surface area (Å²) >= 11 is 0. The zero-order valence-electron chi connectivity index (χ0n) is 13.8. The second kappa shape index (κ2) is 8.52. The fourth-order valence-corrected chi connectivity index (χ4v) is 3.27. The molecule has 1 fully saturated rings. The third-order valence-electron chi connectivity index (χ3n) is 4.54. The lowest BCUT2D eigenvalue weighted by Crippen LogP contribution is -2.33. The van der Waals surface area contributed by atoms with Crippen LogP contribution in [-0.2, 0) is 4.74 Å². The summed E-state index contributed by atoms with van der Waals surface area (Å²) in [5, 5.41) is 3.47. The maximum absolute atomic E-state index is 5.58. The van der Waals surface area contributed by atoms with Crippen LogP contribution in [0.15, 0.2) is 24.3 Å². The second-order valence-corrected chi connectivity index (χ2v) is 6.33. The van der Waals surface area contributed by atoms with Crippen molar-refractivity contribution in [2.24, 2.45) is 5.92 Å². The van der Waals surface area contributed by atoms with Gasteiger partial charge in [0, 0.05) is 19.2 Å². The number of ether oxygens (including phenoxy) is 1. The quantitative estimate of drug-likeness (QED) is 0.835. The van der Waals surface area contributed by atoms with Gasteiger partial charge < -0.3 is 15.0 Å². The molecule has 0 saturated carbocycles. The molecular formula is C18H30N2O. The predicted octanol–water partition coefficient (Wildman–Crippen LogP) is 3.00. The van der Waals surface area contributed by atoms with E-state index in [1.54, 1.807) is 0 Å². The van der Waals surface area contributed by atoms with Crippen LogP contribution < -0.4 is 5.32 Å². The first-order valence-electron chi connectivity index (χ1n) is 8.19. The van der Waals surface area contributed by atoms with Gasteiger partial charge in [0.15, 0.2) is 0 Å². The Morgan fingerprint density at radius 1 is 1.38 bits per heavy atom. The first kappa shape index (κ1) is 16.5. The predicted molar refractivity (Wildman–Crippen MR) is 88.6 cm³/mol. The largest absolute Gasteiger partial charge is 0.381 e. The molecule has 0 spiro atoms. The minimum atomic E-state index is 0.441. The maximum atomic E-state index is 5.58. The van der Waals surface area contributed by atoms with E-state index in [2.05, 4.69) is 55.5 Å². The van der Waals surface area contributed by atoms with Gasteiger partial charge in [-0.15, -0.1) is 0 Å². The summed E-state index contributed by atoms with van der Waals surface area (Å²) in [6.07, 6.45) is 3.68. The van der Waals surface area contributed by atoms with Crippen molar-refractivity contribution in [3.63, 3.8) is 0 Å². The van der Waals surface area contributed by atoms with Crippen molar-refractivity contribution < 1.29 is 4.74 Å². The molecule has 118 valence electrons. The number of hydrogen-bond donors (Lipinski definition) is 1. The third kappa shape index (κ3) is 5.10. The first-order valence-corrected chi connectivity index (χ1v) is 8.19. The number of nitrogens with one attached hydrogen (secondary N) is 1. The van der Waals surface area contributed by atoms with Crippen molar-refractivity contribution in [2.75, 3.05) is 40.4 Å². The fraction of sp³-hybridized carbons (Fsp3) is 0.667. The monoisotopic (exact) mass is 290 g/mol. The van der Waals surface area contributed by atoms with Crippen molar-refractivity contribution in [1.82, 2.24) is 10.2 Å². The summed E-state index contributed by atoms with van der Waals surface area (Å²) in [5.41, 5.74) is 2.80. The zero-order chi connectivity index (χ0) is 15.1. The van der Waals surface area contributed by atoms with E-state index >= 15 is 0 Å². The van der Waals surface area contributed by atoms with Crippen LogP contribution in [-0.4, -0.2) is 45.3 Å². The normalized spacial score (nSPS) is 20.7. The highest BCUT2D eigenvalue weighted by atomic mass is 16.5. The van der Waals surface area contributed by atoms with Crippen molar-refractivity contribution in [3.8, 4) is 0 Å². The molecule has 1 heterocycles. The van der Waals surface area contributed by atoms with Crippen LogP contribution in [0.25, 0.3) is 0 Å². The van der Waals surface area contributed by atoms with Crippen molar-refractivity contribution >= 4 is 0 Å². The molecule has 1 aliphatic rings. The fourth-order valence-electron chi connectivity index (χ4n) is 3.27. The van der Waals surface area contributed by atoms with Crippen LogP contribution in [0.2, 0.25) is 0 Å². The van der Waals surface area contributed by atoms with Crippen LogP contribution in [0.3, 0.4) is 0 Å². The number of nitrogens with zero attached hydrogens (tertiary/aromatic N) is 1. The lowest BCUT2D eigenvalue weighted by molar-refractivity contribution is 0.0416. The van der Waals surface area contributed by atoms with E-state index < -0.39 is 0 Å². The van der Waals surface area contributed by atoms with Crippen molar-refractivity contribution in [1.29, 1.82) is 0 Å². The number of rotatable bonds is 7. The topological polar surface area (TPSA) is 24.5 Å². The summed E-state index contributed by atoms with van der Waals surface area (Å²) in [7, 11) is 4.30. The van der Waals surface area contributed by atoms with E-state index in [0.717, 1.165) is 38.6 Å². The Hall–Kier alpha value is -0.900. The summed E-state index contributed by atoms with van der Waals surface area (Å²) in [4.78, 5) is 2.46. The van der Waals surface area contributed by atoms with E-state index in [-0.39, 0.29) is 0 Å². The molecule has 0 aromatic heterocycles. The summed E-state index contributed by atoms with van der Waals surface area (Å²) in [6.45, 7) is 6.37. The maximum Gasteiger partial charge on any atom is 0.0506 e. The molecule has 1 aromatic carbocycles. The van der Waals surface area contributed by atoms with Crippen LogP contribution in [0.1, 0.15) is 36.4 Å². The van der Waals surface area contributed by atoms with Gasteiger partial charge in [-0.05, 0) is 63.9 Å². The zero-order valence-corrected chi connectivity index (χ0v) is 13.8. The summed E-state index contributed by atoms with van der Waals surface area (Å²) in [6, 6.07) is 9.13. The molecule has 1 aliphatic heterocycles. The Labute approximate surface area is 129 Å². The molecule has 3 heteroatoms. The van der Waals surface area contributed by atoms with Crippen LogP contribution in [0.4, 0.5) is 0 Å². The van der Waals surface area contributed by atoms with Crippen LogP contribution in [0.5, 0.6) is 0 Å². The molecule has 1 saturated heterocycles. The standard InChI is InChI=1S/C18H30N2O/c1-15-7-4-5-9-17(15)18(19-2)10-11-20(3)13-16-8-6-12-21-14-16/h4-5,7,9,16,18-19H,6,8,10-14H2,1-3H3. The van der Waals surface area contributed by atoms with Gasteiger partial charge in [-0.1, -0.05) is 24.3 Å². The highest BCUT2D eigenvalue weighted by Crippen LogP contribution is 2.21. The molecule has 0 bridgehead atoms. The minimum Gasteiger partial charge on any atom is -0.381 e. The third-order valence-corrected chi connectivity index (χ3v) is 4.54. The molecule has 3 nitrogen and oxygen atoms in total. The molecule has 1 N–H and O–H groups in total. The smallest absolute Gasteiger partial charge is 0.0506 e. The Bertz CT molecular complexity index is 415. The lowest BCUT2D eigenvalue weighted by Gasteiger charge is -2.28. The highest BCUT2D eigenvalue weighted by molar-refractivity contribution is 5.28. The molecule has 2 unspecified atom stereocenters. The molecule has 1 aromatic rings. The number of aryl methyl sites for hydroxylation is 1. The average Bonchev–Trinajstić information content (AvgIpc) is 2.50. The number of benzene rings is 1. The van der Waals surface area contributed by atoms with E-state index in [1.807, 2.05) is 0 Å². The number of hydrogen-bond acceptors (Lipinski definition) is 3. The Balaban J connectivity index is 1.81. The van der Waals surface area contributed by atoms with E-state index in [1.165, 1.54) is 24.0 Å². The van der Waals surface area contributed by atoms with Crippen LogP contribution in [0, 0.1) is 12.8 Å². The van der Waals surface area contributed by atoms with Gasteiger partial charge >= 0.3 is 0 Å². The van der Waals surface area contributed by atoms with Gasteiger partial charge in [-0.3, -0.25) is 0 Å². The molecule has 2 atom stereocenters. The lowest BCUT2D eigenvalue weighted by atomic mass is 9.98. The second-order valence-electron chi connectivity index (χ2n) is 6.33. The van der Waals surface area contributed by atoms with Gasteiger partial charge in [0.2, 0.25) is 0 Å². The summed E-state index contributed by atoms with van der Waals surface area (Å²) in [5.74, 6) is 0.718. The molecule has 2 rings (SSSR count). The van der Waals surface area contributed by atoms with Gasteiger partial charge in [-0.2, -0.15) is 0 Å². The Kier molecular flexibility index (Phi) is 6.68. The van der Waals surface area contributed by atoms with Gasteiger partial charge in [-0.25, -0.2) is 0 Å². The first-order chi connectivity index (χ1) is 10.2. The molecule has 0 aliphatic carbocycles. The Morgan fingerprint density at radius 3 is 2.86 bits per heavy atom. The highest BCUT2D eigenvalue weighted by Gasteiger charge is 2.17. The van der Waals surface area contributed by atoms with Gasteiger partial charge in [0.05, 0.1) is 6.61 Å². The average molecular weight is 290 g/mol. The van der Waals surface area contributed by atoms with E-state index in [0.29, 0.717) is 6.04 Å². The SMILES string of the molecule is CNC(CCN(C)CC1CCCOC1)c1ccccc1C. The minimum absolute atomic E-state index is 0.441. The van der Waals surface area contributed by atoms with Crippen molar-refractivity contribution in [3.05, 3.63) is 35.4 Å². The van der Waals surface area contributed by atoms with Crippen molar-refractivity contribution in [2.45, 2.75) is 32.2 Å².